The largest absolute Gasteiger partial charge is 0.492 e. The zero-order chi connectivity index (χ0) is 26.1. The van der Waals surface area contributed by atoms with Crippen molar-refractivity contribution in [1.82, 2.24) is 24.7 Å². The van der Waals surface area contributed by atoms with Crippen LogP contribution in [0, 0.1) is 0 Å². The minimum atomic E-state index is -0.519. The Morgan fingerprint density at radius 1 is 0.895 bits per heavy atom. The number of amides is 2. The van der Waals surface area contributed by atoms with Crippen molar-refractivity contribution in [1.29, 1.82) is 0 Å². The first kappa shape index (κ1) is 22.7. The number of fused-ring (bicyclic) bond motifs is 2. The summed E-state index contributed by atoms with van der Waals surface area (Å²) in [6.07, 6.45) is 2.69. The zero-order valence-electron chi connectivity index (χ0n) is 19.6. The van der Waals surface area contributed by atoms with Crippen molar-refractivity contribution in [2.24, 2.45) is 0 Å². The average Bonchev–Trinajstić information content (AvgIpc) is 3.30. The van der Waals surface area contributed by atoms with Crippen LogP contribution in [0.1, 0.15) is 0 Å². The molecule has 0 spiro atoms. The van der Waals surface area contributed by atoms with Gasteiger partial charge in [0, 0.05) is 29.1 Å². The van der Waals surface area contributed by atoms with Crippen LogP contribution in [0.3, 0.4) is 0 Å². The highest BCUT2D eigenvalue weighted by Gasteiger charge is 2.15. The van der Waals surface area contributed by atoms with E-state index >= 15 is 0 Å². The summed E-state index contributed by atoms with van der Waals surface area (Å²) < 4.78 is 7.61. The number of aromatic amines is 1. The maximum atomic E-state index is 12.9. The number of benzene rings is 3. The van der Waals surface area contributed by atoms with Gasteiger partial charge in [0.15, 0.2) is 11.4 Å². The molecule has 6 rings (SSSR count). The van der Waals surface area contributed by atoms with E-state index in [4.69, 9.17) is 4.74 Å². The van der Waals surface area contributed by atoms with Crippen LogP contribution in [0.25, 0.3) is 27.6 Å². The molecule has 0 saturated heterocycles. The average molecular weight is 505 g/mol. The number of carbonyl (C=O) groups excluding carboxylic acids is 1. The molecule has 2 amide bonds. The fraction of sp³-hybridized carbons (Fsp3) is 0. The molecule has 11 nitrogen and oxygen atoms in total. The first-order valence-electron chi connectivity index (χ1n) is 11.5. The molecule has 0 unspecified atom stereocenters. The molecule has 0 aliphatic heterocycles. The van der Waals surface area contributed by atoms with E-state index < -0.39 is 6.03 Å². The molecule has 0 bridgehead atoms. The molecular formula is C27H19N7O4. The Balaban J connectivity index is 1.29. The summed E-state index contributed by atoms with van der Waals surface area (Å²) >= 11 is 0. The molecule has 0 saturated carbocycles. The van der Waals surface area contributed by atoms with E-state index in [1.54, 1.807) is 30.3 Å². The van der Waals surface area contributed by atoms with Gasteiger partial charge in [-0.05, 0) is 24.3 Å². The molecule has 3 heterocycles. The fourth-order valence-electron chi connectivity index (χ4n) is 4.09. The molecule has 0 aliphatic rings. The van der Waals surface area contributed by atoms with E-state index in [0.717, 1.165) is 10.8 Å². The van der Waals surface area contributed by atoms with Crippen LogP contribution in [0.15, 0.2) is 96.1 Å². The van der Waals surface area contributed by atoms with Gasteiger partial charge >= 0.3 is 6.03 Å². The number of ether oxygens (including phenoxy) is 1. The van der Waals surface area contributed by atoms with Crippen molar-refractivity contribution in [3.05, 3.63) is 102 Å². The quantitative estimate of drug-likeness (QED) is 0.263. The second-order valence-corrected chi connectivity index (χ2v) is 8.23. The number of nitrogens with zero attached hydrogens (tertiary/aromatic N) is 4. The molecule has 38 heavy (non-hydrogen) atoms. The SMILES string of the molecule is O=C(Nc1ccc(Oc2ccnc3[nH]c(=O)cnc23)c2ccccc12)Nc1cc(O)nn1-c1ccccc1. The van der Waals surface area contributed by atoms with Gasteiger partial charge in [-0.2, -0.15) is 0 Å². The summed E-state index contributed by atoms with van der Waals surface area (Å²) in [5, 5.41) is 21.1. The van der Waals surface area contributed by atoms with E-state index in [9.17, 15) is 14.7 Å². The molecular weight excluding hydrogens is 486 g/mol. The maximum absolute atomic E-state index is 12.9. The Bertz CT molecular complexity index is 1870. The lowest BCUT2D eigenvalue weighted by Gasteiger charge is -2.14. The van der Waals surface area contributed by atoms with E-state index in [2.05, 4.69) is 30.7 Å². The predicted molar refractivity (Wildman–Crippen MR) is 142 cm³/mol. The summed E-state index contributed by atoms with van der Waals surface area (Å²) in [4.78, 5) is 35.5. The Labute approximate surface area is 214 Å². The number of urea groups is 1. The number of anilines is 2. The molecule has 11 heteroatoms. The minimum absolute atomic E-state index is 0.224. The van der Waals surface area contributed by atoms with Crippen LogP contribution >= 0.6 is 0 Å². The fourth-order valence-corrected chi connectivity index (χ4v) is 4.09. The molecule has 3 aromatic heterocycles. The van der Waals surface area contributed by atoms with Crippen LogP contribution in [0.5, 0.6) is 17.4 Å². The second-order valence-electron chi connectivity index (χ2n) is 8.23. The van der Waals surface area contributed by atoms with Gasteiger partial charge in [0.25, 0.3) is 5.56 Å². The molecule has 186 valence electrons. The van der Waals surface area contributed by atoms with Crippen LogP contribution in [0.4, 0.5) is 16.3 Å². The number of rotatable bonds is 5. The lowest BCUT2D eigenvalue weighted by molar-refractivity contribution is 0.262. The summed E-state index contributed by atoms with van der Waals surface area (Å²) in [6, 6.07) is 22.5. The first-order chi connectivity index (χ1) is 18.5. The standard InChI is InChI=1S/C27H19N7O4/c35-23-14-22(34(33-23)16-6-2-1-3-7-16)31-27(37)30-19-10-11-20(18-9-5-4-8-17(18)19)38-21-12-13-28-26-25(21)29-15-24(36)32-26/h1-15H,(H,33,35)(H,28,32,36)(H2,30,31,37). The van der Waals surface area contributed by atoms with Gasteiger partial charge in [-0.1, -0.05) is 42.5 Å². The van der Waals surface area contributed by atoms with Gasteiger partial charge in [-0.25, -0.2) is 19.4 Å². The van der Waals surface area contributed by atoms with Crippen molar-refractivity contribution in [2.45, 2.75) is 0 Å². The minimum Gasteiger partial charge on any atom is -0.492 e. The third kappa shape index (κ3) is 4.35. The second kappa shape index (κ2) is 9.39. The Morgan fingerprint density at radius 2 is 1.68 bits per heavy atom. The highest BCUT2D eigenvalue weighted by molar-refractivity contribution is 6.07. The van der Waals surface area contributed by atoms with Crippen LogP contribution in [0.2, 0.25) is 0 Å². The molecule has 3 aromatic carbocycles. The lowest BCUT2D eigenvalue weighted by atomic mass is 10.1. The van der Waals surface area contributed by atoms with E-state index in [-0.39, 0.29) is 11.4 Å². The van der Waals surface area contributed by atoms with Crippen molar-refractivity contribution in [3.8, 4) is 23.1 Å². The van der Waals surface area contributed by atoms with E-state index in [1.807, 2.05) is 42.5 Å². The van der Waals surface area contributed by atoms with Gasteiger partial charge in [-0.15, -0.1) is 5.10 Å². The normalized spacial score (nSPS) is 10.9. The summed E-state index contributed by atoms with van der Waals surface area (Å²) in [6.45, 7) is 0. The van der Waals surface area contributed by atoms with E-state index in [1.165, 1.54) is 23.1 Å². The third-order valence-electron chi connectivity index (χ3n) is 5.73. The van der Waals surface area contributed by atoms with Gasteiger partial charge in [0.2, 0.25) is 5.88 Å². The highest BCUT2D eigenvalue weighted by Crippen LogP contribution is 2.35. The monoisotopic (exact) mass is 505 g/mol. The molecule has 0 atom stereocenters. The van der Waals surface area contributed by atoms with Crippen molar-refractivity contribution in [3.63, 3.8) is 0 Å². The summed E-state index contributed by atoms with van der Waals surface area (Å²) in [5.74, 6) is 1.02. The number of nitrogens with one attached hydrogen (secondary N) is 3. The molecule has 0 aliphatic carbocycles. The highest BCUT2D eigenvalue weighted by atomic mass is 16.5. The maximum Gasteiger partial charge on any atom is 0.324 e. The molecule has 0 fully saturated rings. The van der Waals surface area contributed by atoms with Gasteiger partial charge in [-0.3, -0.25) is 10.1 Å². The number of pyridine rings is 1. The topological polar surface area (TPSA) is 147 Å². The van der Waals surface area contributed by atoms with Crippen molar-refractivity contribution in [2.75, 3.05) is 10.6 Å². The smallest absolute Gasteiger partial charge is 0.324 e. The number of carbonyl (C=O) groups is 1. The number of aromatic nitrogens is 5. The van der Waals surface area contributed by atoms with Crippen molar-refractivity contribution >= 4 is 39.5 Å². The number of hydrogen-bond acceptors (Lipinski definition) is 7. The Morgan fingerprint density at radius 3 is 2.53 bits per heavy atom. The number of H-pyrrole nitrogens is 1. The van der Waals surface area contributed by atoms with Gasteiger partial charge < -0.3 is 20.1 Å². The van der Waals surface area contributed by atoms with Crippen LogP contribution < -0.4 is 20.9 Å². The summed E-state index contributed by atoms with van der Waals surface area (Å²) in [5.41, 5.74) is 1.59. The number of aromatic hydroxyl groups is 1. The third-order valence-corrected chi connectivity index (χ3v) is 5.73. The van der Waals surface area contributed by atoms with Gasteiger partial charge in [0.1, 0.15) is 17.1 Å². The zero-order valence-corrected chi connectivity index (χ0v) is 19.6. The van der Waals surface area contributed by atoms with E-state index in [0.29, 0.717) is 39.9 Å². The number of hydrogen-bond donors (Lipinski definition) is 4. The molecule has 4 N–H and O–H groups in total. The van der Waals surface area contributed by atoms with Crippen molar-refractivity contribution < 1.29 is 14.6 Å². The lowest BCUT2D eigenvalue weighted by Crippen LogP contribution is -2.21. The summed E-state index contributed by atoms with van der Waals surface area (Å²) in [7, 11) is 0. The molecule has 0 radical (unpaired) electrons. The Kier molecular flexibility index (Phi) is 5.62. The Hall–Kier alpha value is -5.71. The number of para-hydroxylation sites is 1. The van der Waals surface area contributed by atoms with Crippen LogP contribution in [-0.2, 0) is 0 Å². The van der Waals surface area contributed by atoms with Crippen LogP contribution in [-0.4, -0.2) is 35.9 Å². The van der Waals surface area contributed by atoms with Gasteiger partial charge in [0.05, 0.1) is 17.6 Å². The first-order valence-corrected chi connectivity index (χ1v) is 11.5. The molecule has 6 aromatic rings. The predicted octanol–water partition coefficient (Wildman–Crippen LogP) is 4.80.